The molecule has 0 unspecified atom stereocenters. The van der Waals surface area contributed by atoms with Crippen molar-refractivity contribution in [3.8, 4) is 0 Å². The Kier molecular flexibility index (Phi) is 2.06. The fourth-order valence-electron chi connectivity index (χ4n) is 1.16. The second-order valence-corrected chi connectivity index (χ2v) is 3.39. The van der Waals surface area contributed by atoms with Gasteiger partial charge in [0.25, 0.3) is 0 Å². The molecule has 0 spiro atoms. The molecule has 1 aromatic carbocycles. The van der Waals surface area contributed by atoms with Crippen LogP contribution in [0.15, 0.2) is 29.1 Å². The second kappa shape index (κ2) is 3.22. The zero-order valence-corrected chi connectivity index (χ0v) is 8.15. The van der Waals surface area contributed by atoms with Crippen LogP contribution in [0.3, 0.4) is 0 Å². The Labute approximate surface area is 82.9 Å². The molecule has 64 valence electrons. The summed E-state index contributed by atoms with van der Waals surface area (Å²) < 4.78 is 0.897. The lowest BCUT2D eigenvalue weighted by atomic mass is 10.1. The minimum atomic E-state index is 0.584. The number of fused-ring (bicyclic) bond motifs is 1. The van der Waals surface area contributed by atoms with Gasteiger partial charge in [-0.05, 0) is 12.1 Å². The van der Waals surface area contributed by atoms with E-state index in [0.717, 1.165) is 16.1 Å². The van der Waals surface area contributed by atoms with E-state index >= 15 is 0 Å². The smallest absolute Gasteiger partial charge is 0.152 e. The molecule has 0 saturated carbocycles. The Morgan fingerprint density at radius 1 is 1.38 bits per heavy atom. The molecule has 3 nitrogen and oxygen atoms in total. The van der Waals surface area contributed by atoms with Gasteiger partial charge in [0.05, 0.1) is 5.52 Å². The Bertz CT molecular complexity index is 470. The fraction of sp³-hybridized carbons (Fsp3) is 0. The van der Waals surface area contributed by atoms with Crippen LogP contribution in [0.2, 0.25) is 0 Å². The van der Waals surface area contributed by atoms with Crippen molar-refractivity contribution in [1.82, 2.24) is 9.97 Å². The monoisotopic (exact) mass is 236 g/mol. The van der Waals surface area contributed by atoms with E-state index in [1.165, 1.54) is 6.33 Å². The summed E-state index contributed by atoms with van der Waals surface area (Å²) in [7, 11) is 0. The molecule has 13 heavy (non-hydrogen) atoms. The van der Waals surface area contributed by atoms with E-state index in [9.17, 15) is 4.79 Å². The Morgan fingerprint density at radius 2 is 2.23 bits per heavy atom. The minimum absolute atomic E-state index is 0.584. The van der Waals surface area contributed by atoms with Gasteiger partial charge in [0.15, 0.2) is 6.29 Å². The number of aromatic nitrogens is 2. The zero-order valence-electron chi connectivity index (χ0n) is 6.57. The standard InChI is InChI=1S/C9H5BrN2O/c10-8-2-1-6(4-13)9-7(8)3-11-5-12-9/h1-5H. The van der Waals surface area contributed by atoms with E-state index in [-0.39, 0.29) is 0 Å². The van der Waals surface area contributed by atoms with Crippen LogP contribution in [0.5, 0.6) is 0 Å². The molecule has 0 fully saturated rings. The third-order valence-corrected chi connectivity index (χ3v) is 2.47. The Hall–Kier alpha value is -1.29. The molecule has 2 aromatic rings. The van der Waals surface area contributed by atoms with Crippen molar-refractivity contribution in [2.45, 2.75) is 0 Å². The van der Waals surface area contributed by atoms with E-state index in [2.05, 4.69) is 25.9 Å². The summed E-state index contributed by atoms with van der Waals surface area (Å²) in [6, 6.07) is 3.54. The van der Waals surface area contributed by atoms with Crippen molar-refractivity contribution in [2.75, 3.05) is 0 Å². The second-order valence-electron chi connectivity index (χ2n) is 2.54. The summed E-state index contributed by atoms with van der Waals surface area (Å²) >= 11 is 3.36. The first-order valence-electron chi connectivity index (χ1n) is 3.66. The first-order chi connectivity index (χ1) is 6.33. The summed E-state index contributed by atoms with van der Waals surface area (Å²) in [6.45, 7) is 0. The summed E-state index contributed by atoms with van der Waals surface area (Å²) in [5.41, 5.74) is 1.26. The molecule has 2 rings (SSSR count). The number of aldehydes is 1. The van der Waals surface area contributed by atoms with Crippen molar-refractivity contribution in [1.29, 1.82) is 0 Å². The number of hydrogen-bond donors (Lipinski definition) is 0. The SMILES string of the molecule is O=Cc1ccc(Br)c2cncnc12. The predicted molar refractivity (Wildman–Crippen MR) is 52.6 cm³/mol. The zero-order chi connectivity index (χ0) is 9.26. The number of rotatable bonds is 1. The molecule has 0 saturated heterocycles. The largest absolute Gasteiger partial charge is 0.298 e. The molecule has 0 aliphatic heterocycles. The number of hydrogen-bond acceptors (Lipinski definition) is 3. The highest BCUT2D eigenvalue weighted by atomic mass is 79.9. The van der Waals surface area contributed by atoms with Crippen LogP contribution in [-0.2, 0) is 0 Å². The molecule has 0 N–H and O–H groups in total. The van der Waals surface area contributed by atoms with Crippen molar-refractivity contribution in [3.05, 3.63) is 34.7 Å². The summed E-state index contributed by atoms with van der Waals surface area (Å²) in [5, 5.41) is 0.854. The lowest BCUT2D eigenvalue weighted by molar-refractivity contribution is 0.112. The third-order valence-electron chi connectivity index (χ3n) is 1.78. The molecule has 0 aliphatic rings. The number of benzene rings is 1. The quantitative estimate of drug-likeness (QED) is 0.714. The number of halogens is 1. The van der Waals surface area contributed by atoms with Crippen LogP contribution in [0.25, 0.3) is 10.9 Å². The van der Waals surface area contributed by atoms with Gasteiger partial charge < -0.3 is 0 Å². The van der Waals surface area contributed by atoms with Gasteiger partial charge in [0.2, 0.25) is 0 Å². The summed E-state index contributed by atoms with van der Waals surface area (Å²) in [5.74, 6) is 0. The number of nitrogens with zero attached hydrogens (tertiary/aromatic N) is 2. The van der Waals surface area contributed by atoms with Crippen molar-refractivity contribution >= 4 is 33.1 Å². The normalized spacial score (nSPS) is 10.2. The molecule has 0 atom stereocenters. The molecule has 1 heterocycles. The van der Waals surface area contributed by atoms with Gasteiger partial charge in [0, 0.05) is 21.6 Å². The van der Waals surface area contributed by atoms with E-state index in [1.807, 2.05) is 6.07 Å². The predicted octanol–water partition coefficient (Wildman–Crippen LogP) is 2.20. The lowest BCUT2D eigenvalue weighted by Gasteiger charge is -2.00. The average molecular weight is 237 g/mol. The van der Waals surface area contributed by atoms with Gasteiger partial charge in [-0.25, -0.2) is 9.97 Å². The molecule has 0 bridgehead atoms. The molecular weight excluding hydrogens is 232 g/mol. The summed E-state index contributed by atoms with van der Waals surface area (Å²) in [4.78, 5) is 18.6. The Balaban J connectivity index is 2.92. The average Bonchev–Trinajstić information content (AvgIpc) is 2.19. The number of carbonyl (C=O) groups excluding carboxylic acids is 1. The van der Waals surface area contributed by atoms with Gasteiger partial charge in [-0.1, -0.05) is 15.9 Å². The fourth-order valence-corrected chi connectivity index (χ4v) is 1.58. The first-order valence-corrected chi connectivity index (χ1v) is 4.45. The van der Waals surface area contributed by atoms with E-state index in [1.54, 1.807) is 12.3 Å². The summed E-state index contributed by atoms with van der Waals surface area (Å²) in [6.07, 6.45) is 3.91. The highest BCUT2D eigenvalue weighted by molar-refractivity contribution is 9.10. The van der Waals surface area contributed by atoms with E-state index < -0.39 is 0 Å². The van der Waals surface area contributed by atoms with Crippen molar-refractivity contribution in [2.24, 2.45) is 0 Å². The van der Waals surface area contributed by atoms with E-state index in [0.29, 0.717) is 11.1 Å². The highest BCUT2D eigenvalue weighted by Crippen LogP contribution is 2.23. The van der Waals surface area contributed by atoms with Gasteiger partial charge in [-0.15, -0.1) is 0 Å². The van der Waals surface area contributed by atoms with Crippen LogP contribution >= 0.6 is 15.9 Å². The van der Waals surface area contributed by atoms with E-state index in [4.69, 9.17) is 0 Å². The first kappa shape index (κ1) is 8.31. The molecule has 0 radical (unpaired) electrons. The molecule has 0 amide bonds. The number of carbonyl (C=O) groups is 1. The lowest BCUT2D eigenvalue weighted by Crippen LogP contribution is -1.88. The van der Waals surface area contributed by atoms with Crippen LogP contribution in [-0.4, -0.2) is 16.3 Å². The molecule has 0 aliphatic carbocycles. The van der Waals surface area contributed by atoms with Crippen molar-refractivity contribution < 1.29 is 4.79 Å². The topological polar surface area (TPSA) is 42.9 Å². The molecular formula is C9H5BrN2O. The van der Waals surface area contributed by atoms with Crippen LogP contribution in [0.1, 0.15) is 10.4 Å². The van der Waals surface area contributed by atoms with Gasteiger partial charge >= 0.3 is 0 Å². The maximum absolute atomic E-state index is 10.7. The minimum Gasteiger partial charge on any atom is -0.298 e. The van der Waals surface area contributed by atoms with Crippen LogP contribution in [0, 0.1) is 0 Å². The van der Waals surface area contributed by atoms with Crippen molar-refractivity contribution in [3.63, 3.8) is 0 Å². The maximum atomic E-state index is 10.7. The molecule has 1 aromatic heterocycles. The van der Waals surface area contributed by atoms with Gasteiger partial charge in [0.1, 0.15) is 6.33 Å². The van der Waals surface area contributed by atoms with Gasteiger partial charge in [-0.2, -0.15) is 0 Å². The van der Waals surface area contributed by atoms with Crippen LogP contribution < -0.4 is 0 Å². The highest BCUT2D eigenvalue weighted by Gasteiger charge is 2.03. The van der Waals surface area contributed by atoms with Crippen LogP contribution in [0.4, 0.5) is 0 Å². The Morgan fingerprint density at radius 3 is 3.00 bits per heavy atom. The maximum Gasteiger partial charge on any atom is 0.152 e. The van der Waals surface area contributed by atoms with Gasteiger partial charge in [-0.3, -0.25) is 4.79 Å². The third kappa shape index (κ3) is 1.33. The molecule has 4 heteroatoms.